The molecule has 0 aliphatic carbocycles. The number of nitrogens with zero attached hydrogens (tertiary/aromatic N) is 1. The number of amides is 1. The Labute approximate surface area is 89.3 Å². The Balaban J connectivity index is 2.46. The summed E-state index contributed by atoms with van der Waals surface area (Å²) in [5.41, 5.74) is 2.42. The predicted octanol–water partition coefficient (Wildman–Crippen LogP) is 2.06. The third-order valence-corrected chi connectivity index (χ3v) is 2.88. The number of phenolic OH excluding ortho intramolecular Hbond substituents is 1. The molecule has 1 aromatic carbocycles. The van der Waals surface area contributed by atoms with Crippen molar-refractivity contribution in [3.8, 4) is 5.75 Å². The summed E-state index contributed by atoms with van der Waals surface area (Å²) < 4.78 is 0. The van der Waals surface area contributed by atoms with Gasteiger partial charge in [0, 0.05) is 18.2 Å². The van der Waals surface area contributed by atoms with E-state index in [2.05, 4.69) is 0 Å². The van der Waals surface area contributed by atoms with Crippen LogP contribution in [0.4, 0.5) is 0 Å². The zero-order chi connectivity index (χ0) is 11.2. The zero-order valence-corrected chi connectivity index (χ0v) is 9.24. The van der Waals surface area contributed by atoms with E-state index in [-0.39, 0.29) is 17.7 Å². The summed E-state index contributed by atoms with van der Waals surface area (Å²) >= 11 is 0. The molecule has 1 aliphatic rings. The monoisotopic (exact) mass is 205 g/mol. The van der Waals surface area contributed by atoms with Crippen molar-refractivity contribution in [3.05, 3.63) is 28.8 Å². The first kappa shape index (κ1) is 10.0. The Kier molecular flexibility index (Phi) is 2.18. The number of hydrogen-bond acceptors (Lipinski definition) is 2. The minimum atomic E-state index is 0.0723. The highest BCUT2D eigenvalue weighted by atomic mass is 16.3. The molecule has 0 bridgehead atoms. The van der Waals surface area contributed by atoms with Crippen molar-refractivity contribution < 1.29 is 9.90 Å². The lowest BCUT2D eigenvalue weighted by atomic mass is 10.1. The molecule has 0 saturated carbocycles. The van der Waals surface area contributed by atoms with Crippen LogP contribution < -0.4 is 0 Å². The predicted molar refractivity (Wildman–Crippen MR) is 57.9 cm³/mol. The van der Waals surface area contributed by atoms with Gasteiger partial charge in [0.1, 0.15) is 5.75 Å². The Morgan fingerprint density at radius 3 is 2.67 bits per heavy atom. The fraction of sp³-hybridized carbons (Fsp3) is 0.417. The van der Waals surface area contributed by atoms with Crippen LogP contribution in [0.5, 0.6) is 5.75 Å². The highest BCUT2D eigenvalue weighted by Gasteiger charge is 2.29. The van der Waals surface area contributed by atoms with Gasteiger partial charge in [0.25, 0.3) is 5.91 Å². The molecule has 3 heteroatoms. The van der Waals surface area contributed by atoms with Crippen molar-refractivity contribution in [3.63, 3.8) is 0 Å². The second kappa shape index (κ2) is 3.26. The smallest absolute Gasteiger partial charge is 0.254 e. The number of carbonyl (C=O) groups excluding carboxylic acids is 1. The van der Waals surface area contributed by atoms with Gasteiger partial charge in [0.05, 0.1) is 0 Å². The van der Waals surface area contributed by atoms with Gasteiger partial charge in [-0.15, -0.1) is 0 Å². The van der Waals surface area contributed by atoms with Gasteiger partial charge >= 0.3 is 0 Å². The Morgan fingerprint density at radius 1 is 1.40 bits per heavy atom. The van der Waals surface area contributed by atoms with E-state index in [1.165, 1.54) is 0 Å². The highest BCUT2D eigenvalue weighted by molar-refractivity contribution is 5.99. The Hall–Kier alpha value is -1.51. The van der Waals surface area contributed by atoms with Crippen LogP contribution in [0.25, 0.3) is 0 Å². The van der Waals surface area contributed by atoms with E-state index in [0.29, 0.717) is 6.54 Å². The summed E-state index contributed by atoms with van der Waals surface area (Å²) in [6.45, 7) is 6.41. The molecular weight excluding hydrogens is 190 g/mol. The van der Waals surface area contributed by atoms with Crippen molar-refractivity contribution in [2.24, 2.45) is 0 Å². The van der Waals surface area contributed by atoms with E-state index in [1.54, 1.807) is 19.1 Å². The second-order valence-corrected chi connectivity index (χ2v) is 4.32. The summed E-state index contributed by atoms with van der Waals surface area (Å²) in [6, 6.07) is 3.67. The van der Waals surface area contributed by atoms with Crippen LogP contribution in [-0.2, 0) is 6.54 Å². The zero-order valence-electron chi connectivity index (χ0n) is 9.24. The first-order valence-electron chi connectivity index (χ1n) is 5.14. The first-order chi connectivity index (χ1) is 7.00. The van der Waals surface area contributed by atoms with Crippen molar-refractivity contribution >= 4 is 5.91 Å². The SMILES string of the molecule is Cc1cc2c(cc1O)CN(C(C)C)C2=O. The number of aromatic hydroxyl groups is 1. The van der Waals surface area contributed by atoms with Gasteiger partial charge in [-0.3, -0.25) is 4.79 Å². The molecule has 0 fully saturated rings. The minimum Gasteiger partial charge on any atom is -0.508 e. The molecule has 1 aromatic rings. The van der Waals surface area contributed by atoms with E-state index >= 15 is 0 Å². The molecular formula is C12H15NO2. The van der Waals surface area contributed by atoms with E-state index < -0.39 is 0 Å². The maximum Gasteiger partial charge on any atom is 0.254 e. The molecule has 0 unspecified atom stereocenters. The molecule has 3 nitrogen and oxygen atoms in total. The standard InChI is InChI=1S/C12H15NO2/c1-7(2)13-6-9-5-11(14)8(3)4-10(9)12(13)15/h4-5,7,14H,6H2,1-3H3. The van der Waals surface area contributed by atoms with Crippen LogP contribution in [0.1, 0.15) is 35.3 Å². The lowest BCUT2D eigenvalue weighted by Crippen LogP contribution is -2.30. The van der Waals surface area contributed by atoms with Gasteiger partial charge in [0.15, 0.2) is 0 Å². The summed E-state index contributed by atoms with van der Waals surface area (Å²) in [4.78, 5) is 13.8. The third-order valence-electron chi connectivity index (χ3n) is 2.88. The molecule has 1 amide bonds. The number of hydrogen-bond donors (Lipinski definition) is 1. The second-order valence-electron chi connectivity index (χ2n) is 4.32. The van der Waals surface area contributed by atoms with Crippen molar-refractivity contribution in [1.29, 1.82) is 0 Å². The van der Waals surface area contributed by atoms with Gasteiger partial charge in [-0.2, -0.15) is 0 Å². The molecule has 0 aromatic heterocycles. The molecule has 15 heavy (non-hydrogen) atoms. The maximum atomic E-state index is 11.9. The summed E-state index contributed by atoms with van der Waals surface area (Å²) in [5, 5.41) is 9.56. The van der Waals surface area contributed by atoms with Gasteiger partial charge < -0.3 is 10.0 Å². The number of rotatable bonds is 1. The third kappa shape index (κ3) is 1.48. The number of benzene rings is 1. The molecule has 0 atom stereocenters. The number of phenols is 1. The summed E-state index contributed by atoms with van der Waals surface area (Å²) in [7, 11) is 0. The minimum absolute atomic E-state index is 0.0723. The van der Waals surface area contributed by atoms with E-state index in [1.807, 2.05) is 18.7 Å². The molecule has 80 valence electrons. The van der Waals surface area contributed by atoms with Gasteiger partial charge in [-0.1, -0.05) is 0 Å². The fourth-order valence-electron chi connectivity index (χ4n) is 1.90. The average molecular weight is 205 g/mol. The quantitative estimate of drug-likeness (QED) is 0.762. The van der Waals surface area contributed by atoms with Crippen molar-refractivity contribution in [2.45, 2.75) is 33.4 Å². The first-order valence-corrected chi connectivity index (χ1v) is 5.14. The normalized spacial score (nSPS) is 14.9. The molecule has 0 saturated heterocycles. The van der Waals surface area contributed by atoms with Crippen LogP contribution in [0.15, 0.2) is 12.1 Å². The van der Waals surface area contributed by atoms with Crippen LogP contribution in [0, 0.1) is 6.92 Å². The van der Waals surface area contributed by atoms with Crippen LogP contribution in [-0.4, -0.2) is 22.0 Å². The molecule has 0 spiro atoms. The Bertz CT molecular complexity index is 424. The largest absolute Gasteiger partial charge is 0.508 e. The summed E-state index contributed by atoms with van der Waals surface area (Å²) in [6.07, 6.45) is 0. The fourth-order valence-corrected chi connectivity index (χ4v) is 1.90. The van der Waals surface area contributed by atoms with Gasteiger partial charge in [-0.25, -0.2) is 0 Å². The number of carbonyl (C=O) groups is 1. The maximum absolute atomic E-state index is 11.9. The van der Waals surface area contributed by atoms with E-state index in [4.69, 9.17) is 0 Å². The van der Waals surface area contributed by atoms with Crippen LogP contribution in [0.3, 0.4) is 0 Å². The molecule has 0 radical (unpaired) electrons. The molecule has 1 aliphatic heterocycles. The van der Waals surface area contributed by atoms with Gasteiger partial charge in [0.2, 0.25) is 0 Å². The van der Waals surface area contributed by atoms with Crippen LogP contribution >= 0.6 is 0 Å². The van der Waals surface area contributed by atoms with Crippen LogP contribution in [0.2, 0.25) is 0 Å². The Morgan fingerprint density at radius 2 is 2.07 bits per heavy atom. The lowest BCUT2D eigenvalue weighted by molar-refractivity contribution is 0.0730. The number of aryl methyl sites for hydroxylation is 1. The molecule has 2 rings (SSSR count). The highest BCUT2D eigenvalue weighted by Crippen LogP contribution is 2.29. The van der Waals surface area contributed by atoms with E-state index in [9.17, 15) is 9.90 Å². The topological polar surface area (TPSA) is 40.5 Å². The average Bonchev–Trinajstić information content (AvgIpc) is 2.46. The summed E-state index contributed by atoms with van der Waals surface area (Å²) in [5.74, 6) is 0.343. The number of fused-ring (bicyclic) bond motifs is 1. The van der Waals surface area contributed by atoms with Crippen molar-refractivity contribution in [1.82, 2.24) is 4.90 Å². The molecule has 1 heterocycles. The lowest BCUT2D eigenvalue weighted by Gasteiger charge is -2.19. The van der Waals surface area contributed by atoms with Gasteiger partial charge in [-0.05, 0) is 44.0 Å². The van der Waals surface area contributed by atoms with E-state index in [0.717, 1.165) is 16.7 Å². The van der Waals surface area contributed by atoms with Crippen molar-refractivity contribution in [2.75, 3.05) is 0 Å². The molecule has 1 N–H and O–H groups in total.